The summed E-state index contributed by atoms with van der Waals surface area (Å²) in [6.07, 6.45) is 1.67. The van der Waals surface area contributed by atoms with Gasteiger partial charge in [-0.05, 0) is 12.5 Å². The Bertz CT molecular complexity index is 337. The van der Waals surface area contributed by atoms with Crippen molar-refractivity contribution >= 4 is 0 Å². The lowest BCUT2D eigenvalue weighted by molar-refractivity contribution is 0.333. The second-order valence-corrected chi connectivity index (χ2v) is 3.79. The second-order valence-electron chi connectivity index (χ2n) is 3.79. The third-order valence-corrected chi connectivity index (χ3v) is 3.04. The molecule has 0 aliphatic carbocycles. The average molecular weight is 192 g/mol. The SMILES string of the molecule is Cc1c2c(c(O)c3c1OCC3)OCC2. The summed E-state index contributed by atoms with van der Waals surface area (Å²) in [5, 5.41) is 9.95. The van der Waals surface area contributed by atoms with Gasteiger partial charge in [-0.3, -0.25) is 0 Å². The van der Waals surface area contributed by atoms with E-state index in [1.165, 1.54) is 0 Å². The van der Waals surface area contributed by atoms with E-state index in [9.17, 15) is 5.11 Å². The molecule has 0 spiro atoms. The number of hydrogen-bond donors (Lipinski definition) is 1. The number of benzene rings is 1. The summed E-state index contributed by atoms with van der Waals surface area (Å²) in [5.41, 5.74) is 3.18. The number of phenols is 1. The van der Waals surface area contributed by atoms with E-state index in [1.54, 1.807) is 0 Å². The van der Waals surface area contributed by atoms with Crippen LogP contribution in [0.5, 0.6) is 17.2 Å². The molecular formula is C11H12O3. The van der Waals surface area contributed by atoms with E-state index in [1.807, 2.05) is 6.92 Å². The highest BCUT2D eigenvalue weighted by Gasteiger charge is 2.29. The number of phenolic OH excluding ortho intramolecular Hbond substituents is 1. The first kappa shape index (κ1) is 7.97. The molecule has 3 nitrogen and oxygen atoms in total. The Balaban J connectivity index is 2.33. The fourth-order valence-electron chi connectivity index (χ4n) is 2.32. The van der Waals surface area contributed by atoms with Crippen LogP contribution in [0.4, 0.5) is 0 Å². The molecule has 3 heteroatoms. The van der Waals surface area contributed by atoms with Gasteiger partial charge in [0.15, 0.2) is 11.5 Å². The maximum Gasteiger partial charge on any atom is 0.165 e. The Morgan fingerprint density at radius 2 is 1.64 bits per heavy atom. The lowest BCUT2D eigenvalue weighted by Gasteiger charge is -2.10. The summed E-state index contributed by atoms with van der Waals surface area (Å²) in [6, 6.07) is 0. The van der Waals surface area contributed by atoms with Crippen LogP contribution in [0.25, 0.3) is 0 Å². The molecule has 2 aliphatic rings. The largest absolute Gasteiger partial charge is 0.504 e. The van der Waals surface area contributed by atoms with Crippen LogP contribution in [-0.4, -0.2) is 18.3 Å². The molecule has 0 fully saturated rings. The van der Waals surface area contributed by atoms with Crippen molar-refractivity contribution in [3.8, 4) is 17.2 Å². The zero-order chi connectivity index (χ0) is 9.71. The first-order valence-electron chi connectivity index (χ1n) is 4.92. The predicted octanol–water partition coefficient (Wildman–Crippen LogP) is 1.57. The smallest absolute Gasteiger partial charge is 0.165 e. The topological polar surface area (TPSA) is 38.7 Å². The van der Waals surface area contributed by atoms with E-state index >= 15 is 0 Å². The fourth-order valence-corrected chi connectivity index (χ4v) is 2.32. The van der Waals surface area contributed by atoms with Gasteiger partial charge in [0.05, 0.1) is 13.2 Å². The summed E-state index contributed by atoms with van der Waals surface area (Å²) < 4.78 is 10.9. The zero-order valence-electron chi connectivity index (χ0n) is 8.09. The van der Waals surface area contributed by atoms with Gasteiger partial charge in [0.25, 0.3) is 0 Å². The minimum absolute atomic E-state index is 0.301. The van der Waals surface area contributed by atoms with Crippen molar-refractivity contribution in [2.45, 2.75) is 19.8 Å². The van der Waals surface area contributed by atoms with E-state index in [4.69, 9.17) is 9.47 Å². The monoisotopic (exact) mass is 192 g/mol. The Kier molecular flexibility index (Phi) is 1.46. The normalized spacial score (nSPS) is 17.2. The van der Waals surface area contributed by atoms with Gasteiger partial charge in [-0.1, -0.05) is 0 Å². The second kappa shape index (κ2) is 2.56. The number of fused-ring (bicyclic) bond motifs is 2. The molecule has 0 saturated heterocycles. The third kappa shape index (κ3) is 0.820. The van der Waals surface area contributed by atoms with Gasteiger partial charge < -0.3 is 14.6 Å². The Hall–Kier alpha value is -1.38. The van der Waals surface area contributed by atoms with Crippen molar-refractivity contribution in [3.05, 3.63) is 16.7 Å². The van der Waals surface area contributed by atoms with Crippen molar-refractivity contribution in [1.29, 1.82) is 0 Å². The molecule has 74 valence electrons. The summed E-state index contributed by atoms with van der Waals surface area (Å²) in [6.45, 7) is 3.39. The Morgan fingerprint density at radius 3 is 2.43 bits per heavy atom. The maximum absolute atomic E-state index is 9.95. The average Bonchev–Trinajstić information content (AvgIpc) is 2.82. The first-order chi connectivity index (χ1) is 6.79. The molecular weight excluding hydrogens is 180 g/mol. The molecule has 0 saturated carbocycles. The number of rotatable bonds is 0. The maximum atomic E-state index is 9.95. The van der Waals surface area contributed by atoms with Gasteiger partial charge in [-0.15, -0.1) is 0 Å². The minimum Gasteiger partial charge on any atom is -0.504 e. The lowest BCUT2D eigenvalue weighted by atomic mass is 10.00. The standard InChI is InChI=1S/C11H12O3/c1-6-7-2-4-14-11(7)9(12)8-3-5-13-10(6)8/h12H,2-5H2,1H3. The van der Waals surface area contributed by atoms with Crippen LogP contribution in [0.15, 0.2) is 0 Å². The van der Waals surface area contributed by atoms with Crippen molar-refractivity contribution in [2.24, 2.45) is 0 Å². The third-order valence-electron chi connectivity index (χ3n) is 3.04. The van der Waals surface area contributed by atoms with E-state index < -0.39 is 0 Å². The molecule has 1 N–H and O–H groups in total. The van der Waals surface area contributed by atoms with E-state index in [0.29, 0.717) is 24.7 Å². The van der Waals surface area contributed by atoms with Crippen LogP contribution in [-0.2, 0) is 12.8 Å². The molecule has 0 aromatic heterocycles. The quantitative estimate of drug-likeness (QED) is 0.678. The molecule has 0 amide bonds. The molecule has 2 heterocycles. The van der Waals surface area contributed by atoms with E-state index in [-0.39, 0.29) is 0 Å². The van der Waals surface area contributed by atoms with Gasteiger partial charge in [0.1, 0.15) is 5.75 Å². The number of hydrogen-bond acceptors (Lipinski definition) is 3. The first-order valence-corrected chi connectivity index (χ1v) is 4.92. The summed E-state index contributed by atoms with van der Waals surface area (Å²) in [4.78, 5) is 0. The van der Waals surface area contributed by atoms with Crippen LogP contribution in [0.2, 0.25) is 0 Å². The Labute approximate surface area is 82.3 Å². The summed E-state index contributed by atoms with van der Waals surface area (Å²) in [5.74, 6) is 1.87. The van der Waals surface area contributed by atoms with Crippen molar-refractivity contribution in [3.63, 3.8) is 0 Å². The van der Waals surface area contributed by atoms with Crippen LogP contribution in [0.1, 0.15) is 16.7 Å². The van der Waals surface area contributed by atoms with Crippen LogP contribution < -0.4 is 9.47 Å². The van der Waals surface area contributed by atoms with Crippen molar-refractivity contribution in [1.82, 2.24) is 0 Å². The fraction of sp³-hybridized carbons (Fsp3) is 0.455. The molecule has 3 rings (SSSR count). The Morgan fingerprint density at radius 1 is 1.00 bits per heavy atom. The van der Waals surface area contributed by atoms with Crippen LogP contribution >= 0.6 is 0 Å². The molecule has 0 bridgehead atoms. The van der Waals surface area contributed by atoms with E-state index in [0.717, 1.165) is 35.3 Å². The molecule has 2 aliphatic heterocycles. The van der Waals surface area contributed by atoms with Crippen LogP contribution in [0.3, 0.4) is 0 Å². The molecule has 0 unspecified atom stereocenters. The highest BCUT2D eigenvalue weighted by atomic mass is 16.5. The van der Waals surface area contributed by atoms with Gasteiger partial charge in [0.2, 0.25) is 0 Å². The minimum atomic E-state index is 0.301. The highest BCUT2D eigenvalue weighted by Crippen LogP contribution is 2.47. The zero-order valence-corrected chi connectivity index (χ0v) is 8.09. The predicted molar refractivity (Wildman–Crippen MR) is 51.2 cm³/mol. The van der Waals surface area contributed by atoms with Crippen molar-refractivity contribution in [2.75, 3.05) is 13.2 Å². The number of ether oxygens (including phenoxy) is 2. The molecule has 0 atom stereocenters. The van der Waals surface area contributed by atoms with Gasteiger partial charge in [0, 0.05) is 24.0 Å². The van der Waals surface area contributed by atoms with Gasteiger partial charge in [-0.25, -0.2) is 0 Å². The summed E-state index contributed by atoms with van der Waals surface area (Å²) in [7, 11) is 0. The molecule has 1 aromatic rings. The molecule has 1 aromatic carbocycles. The van der Waals surface area contributed by atoms with Gasteiger partial charge in [-0.2, -0.15) is 0 Å². The molecule has 0 radical (unpaired) electrons. The molecule has 14 heavy (non-hydrogen) atoms. The lowest BCUT2D eigenvalue weighted by Crippen LogP contribution is -1.91. The summed E-state index contributed by atoms with van der Waals surface area (Å²) >= 11 is 0. The van der Waals surface area contributed by atoms with Gasteiger partial charge >= 0.3 is 0 Å². The van der Waals surface area contributed by atoms with E-state index in [2.05, 4.69) is 0 Å². The number of aromatic hydroxyl groups is 1. The van der Waals surface area contributed by atoms with Crippen molar-refractivity contribution < 1.29 is 14.6 Å². The van der Waals surface area contributed by atoms with Crippen LogP contribution in [0, 0.1) is 6.92 Å². The highest BCUT2D eigenvalue weighted by molar-refractivity contribution is 5.64.